The molecule has 0 unspecified atom stereocenters. The highest BCUT2D eigenvalue weighted by atomic mass is 35.5. The number of amides is 1. The number of sulfonamides is 2. The number of carbonyl (C=O) groups is 1. The molecule has 40 heavy (non-hydrogen) atoms. The molecule has 0 saturated heterocycles. The molecule has 11 heteroatoms. The standard InChI is InChI=1S/C29H28ClN3O5S2/c1-21(2)22-8-16-26(17-9-22)33(40(37,38)28-6-4-3-5-7-28)20-29(34)31-24-14-18-27(19-15-24)39(35,36)32-25-12-10-23(30)11-13-25/h3-19,21,32H,20H2,1-2H3,(H,31,34). The zero-order valence-electron chi connectivity index (χ0n) is 21.8. The quantitative estimate of drug-likeness (QED) is 0.229. The van der Waals surface area contributed by atoms with Crippen LogP contribution in [0.1, 0.15) is 25.3 Å². The van der Waals surface area contributed by atoms with E-state index in [0.717, 1.165) is 9.87 Å². The first-order valence-electron chi connectivity index (χ1n) is 12.3. The number of benzene rings is 4. The van der Waals surface area contributed by atoms with Crippen LogP contribution in [-0.2, 0) is 24.8 Å². The summed E-state index contributed by atoms with van der Waals surface area (Å²) in [6.45, 7) is 3.58. The Labute approximate surface area is 239 Å². The molecular weight excluding hydrogens is 570 g/mol. The summed E-state index contributed by atoms with van der Waals surface area (Å²) in [6, 6.07) is 26.7. The van der Waals surface area contributed by atoms with Crippen molar-refractivity contribution < 1.29 is 21.6 Å². The van der Waals surface area contributed by atoms with E-state index in [9.17, 15) is 21.6 Å². The minimum Gasteiger partial charge on any atom is -0.325 e. The molecule has 208 valence electrons. The third-order valence-corrected chi connectivity index (χ3v) is 9.45. The van der Waals surface area contributed by atoms with Crippen molar-refractivity contribution in [3.05, 3.63) is 114 Å². The summed E-state index contributed by atoms with van der Waals surface area (Å²) in [4.78, 5) is 13.1. The van der Waals surface area contributed by atoms with Crippen molar-refractivity contribution in [2.24, 2.45) is 0 Å². The summed E-state index contributed by atoms with van der Waals surface area (Å²) in [6.07, 6.45) is 0. The number of rotatable bonds is 10. The van der Waals surface area contributed by atoms with E-state index in [0.29, 0.717) is 22.1 Å². The Morgan fingerprint density at radius 3 is 1.90 bits per heavy atom. The number of anilines is 3. The van der Waals surface area contributed by atoms with Crippen LogP contribution >= 0.6 is 11.6 Å². The van der Waals surface area contributed by atoms with Crippen molar-refractivity contribution in [1.29, 1.82) is 0 Å². The Morgan fingerprint density at radius 1 is 0.750 bits per heavy atom. The van der Waals surface area contributed by atoms with Crippen LogP contribution in [-0.4, -0.2) is 29.3 Å². The van der Waals surface area contributed by atoms with Crippen LogP contribution in [0, 0.1) is 0 Å². The highest BCUT2D eigenvalue weighted by Crippen LogP contribution is 2.26. The number of hydrogen-bond acceptors (Lipinski definition) is 5. The van der Waals surface area contributed by atoms with Gasteiger partial charge in [-0.1, -0.05) is 55.8 Å². The number of nitrogens with zero attached hydrogens (tertiary/aromatic N) is 1. The molecule has 8 nitrogen and oxygen atoms in total. The van der Waals surface area contributed by atoms with Gasteiger partial charge in [-0.2, -0.15) is 0 Å². The summed E-state index contributed by atoms with van der Waals surface area (Å²) in [5.41, 5.74) is 2.04. The molecule has 0 fully saturated rings. The second kappa shape index (κ2) is 12.1. The molecule has 1 amide bonds. The van der Waals surface area contributed by atoms with Gasteiger partial charge in [0.1, 0.15) is 6.54 Å². The lowest BCUT2D eigenvalue weighted by Crippen LogP contribution is -2.38. The van der Waals surface area contributed by atoms with E-state index in [1.54, 1.807) is 54.6 Å². The second-order valence-corrected chi connectivity index (χ2v) is 13.2. The zero-order chi connectivity index (χ0) is 28.9. The maximum Gasteiger partial charge on any atom is 0.264 e. The Kier molecular flexibility index (Phi) is 8.82. The van der Waals surface area contributed by atoms with Gasteiger partial charge in [-0.15, -0.1) is 0 Å². The molecule has 0 radical (unpaired) electrons. The van der Waals surface area contributed by atoms with Crippen molar-refractivity contribution in [2.75, 3.05) is 20.9 Å². The third-order valence-electron chi connectivity index (χ3n) is 6.01. The molecule has 0 aliphatic carbocycles. The van der Waals surface area contributed by atoms with Gasteiger partial charge in [0, 0.05) is 16.4 Å². The predicted octanol–water partition coefficient (Wildman–Crippen LogP) is 6.10. The molecular formula is C29H28ClN3O5S2. The monoisotopic (exact) mass is 597 g/mol. The van der Waals surface area contributed by atoms with Crippen molar-refractivity contribution in [2.45, 2.75) is 29.6 Å². The molecule has 4 rings (SSSR count). The van der Waals surface area contributed by atoms with E-state index in [-0.39, 0.29) is 15.7 Å². The average molecular weight is 598 g/mol. The molecule has 0 aliphatic heterocycles. The van der Waals surface area contributed by atoms with Gasteiger partial charge in [0.2, 0.25) is 5.91 Å². The van der Waals surface area contributed by atoms with E-state index in [1.165, 1.54) is 36.4 Å². The molecule has 0 aromatic heterocycles. The SMILES string of the molecule is CC(C)c1ccc(N(CC(=O)Nc2ccc(S(=O)(=O)Nc3ccc(Cl)cc3)cc2)S(=O)(=O)c2ccccc2)cc1. The van der Waals surface area contributed by atoms with Crippen LogP contribution in [0.4, 0.5) is 17.1 Å². The Balaban J connectivity index is 1.53. The maximum absolute atomic E-state index is 13.5. The van der Waals surface area contributed by atoms with E-state index in [4.69, 9.17) is 11.6 Å². The van der Waals surface area contributed by atoms with Crippen LogP contribution < -0.4 is 14.3 Å². The van der Waals surface area contributed by atoms with Gasteiger partial charge in [0.05, 0.1) is 15.5 Å². The fraction of sp³-hybridized carbons (Fsp3) is 0.138. The lowest BCUT2D eigenvalue weighted by atomic mass is 10.0. The first-order valence-corrected chi connectivity index (χ1v) is 15.6. The smallest absolute Gasteiger partial charge is 0.264 e. The summed E-state index contributed by atoms with van der Waals surface area (Å²) in [5, 5.41) is 3.13. The lowest BCUT2D eigenvalue weighted by molar-refractivity contribution is -0.114. The van der Waals surface area contributed by atoms with Crippen molar-refractivity contribution in [1.82, 2.24) is 0 Å². The lowest BCUT2D eigenvalue weighted by Gasteiger charge is -2.24. The molecule has 0 saturated carbocycles. The van der Waals surface area contributed by atoms with E-state index in [2.05, 4.69) is 10.0 Å². The van der Waals surface area contributed by atoms with E-state index in [1.807, 2.05) is 26.0 Å². The summed E-state index contributed by atoms with van der Waals surface area (Å²) in [7, 11) is -7.94. The van der Waals surface area contributed by atoms with Crippen LogP contribution in [0.5, 0.6) is 0 Å². The summed E-state index contributed by atoms with van der Waals surface area (Å²) in [5.74, 6) is -0.341. The summed E-state index contributed by atoms with van der Waals surface area (Å²) < 4.78 is 56.0. The molecule has 0 heterocycles. The van der Waals surface area contributed by atoms with Crippen LogP contribution in [0.15, 0.2) is 113 Å². The predicted molar refractivity (Wildman–Crippen MR) is 159 cm³/mol. The molecule has 0 aliphatic rings. The highest BCUT2D eigenvalue weighted by Gasteiger charge is 2.27. The van der Waals surface area contributed by atoms with Gasteiger partial charge in [0.25, 0.3) is 20.0 Å². The molecule has 4 aromatic rings. The van der Waals surface area contributed by atoms with E-state index >= 15 is 0 Å². The number of hydrogen-bond donors (Lipinski definition) is 2. The first kappa shape index (κ1) is 29.1. The molecule has 2 N–H and O–H groups in total. The highest BCUT2D eigenvalue weighted by molar-refractivity contribution is 7.93. The van der Waals surface area contributed by atoms with Gasteiger partial charge in [-0.3, -0.25) is 13.8 Å². The van der Waals surface area contributed by atoms with Gasteiger partial charge in [-0.05, 0) is 84.3 Å². The molecule has 0 spiro atoms. The van der Waals surface area contributed by atoms with Crippen LogP contribution in [0.25, 0.3) is 0 Å². The van der Waals surface area contributed by atoms with Crippen molar-refractivity contribution in [3.63, 3.8) is 0 Å². The normalized spacial score (nSPS) is 11.7. The Bertz CT molecular complexity index is 1680. The molecule has 0 bridgehead atoms. The van der Waals surface area contributed by atoms with Crippen LogP contribution in [0.2, 0.25) is 5.02 Å². The van der Waals surface area contributed by atoms with Crippen LogP contribution in [0.3, 0.4) is 0 Å². The van der Waals surface area contributed by atoms with Gasteiger partial charge in [-0.25, -0.2) is 16.8 Å². The fourth-order valence-corrected chi connectivity index (χ4v) is 6.47. The second-order valence-electron chi connectivity index (χ2n) is 9.26. The topological polar surface area (TPSA) is 113 Å². The van der Waals surface area contributed by atoms with E-state index < -0.39 is 32.5 Å². The molecule has 0 atom stereocenters. The summed E-state index contributed by atoms with van der Waals surface area (Å²) >= 11 is 5.85. The van der Waals surface area contributed by atoms with Gasteiger partial charge in [0.15, 0.2) is 0 Å². The van der Waals surface area contributed by atoms with Gasteiger partial charge < -0.3 is 5.32 Å². The minimum atomic E-state index is -4.06. The Hall–Kier alpha value is -3.86. The maximum atomic E-state index is 13.5. The fourth-order valence-electron chi connectivity index (χ4n) is 3.84. The number of halogens is 1. The van der Waals surface area contributed by atoms with Crippen molar-refractivity contribution >= 4 is 54.6 Å². The third kappa shape index (κ3) is 7.01. The zero-order valence-corrected chi connectivity index (χ0v) is 24.2. The first-order chi connectivity index (χ1) is 19.0. The largest absolute Gasteiger partial charge is 0.325 e. The van der Waals surface area contributed by atoms with Gasteiger partial charge >= 0.3 is 0 Å². The average Bonchev–Trinajstić information content (AvgIpc) is 2.93. The molecule has 4 aromatic carbocycles. The Morgan fingerprint density at radius 2 is 1.32 bits per heavy atom. The number of carbonyl (C=O) groups excluding carboxylic acids is 1. The van der Waals surface area contributed by atoms with Crippen molar-refractivity contribution in [3.8, 4) is 0 Å². The number of nitrogens with one attached hydrogen (secondary N) is 2. The minimum absolute atomic E-state index is 0.0148.